The van der Waals surface area contributed by atoms with Gasteiger partial charge in [0, 0.05) is 26.8 Å². The lowest BCUT2D eigenvalue weighted by atomic mass is 9.95. The van der Waals surface area contributed by atoms with E-state index in [0.29, 0.717) is 0 Å². The van der Waals surface area contributed by atoms with E-state index in [9.17, 15) is 96.8 Å². The van der Waals surface area contributed by atoms with Gasteiger partial charge in [0.15, 0.2) is 12.6 Å². The summed E-state index contributed by atoms with van der Waals surface area (Å²) in [6.45, 7) is -0.0902. The fourth-order valence-electron chi connectivity index (χ4n) is 9.07. The maximum Gasteiger partial charge on any atom is 0.322 e. The number of nitrogens with one attached hydrogen (secondary N) is 15. The normalized spacial score (nSPS) is 22.2. The third-order valence-electron chi connectivity index (χ3n) is 14.2. The first kappa shape index (κ1) is 81.9. The number of aliphatic carboxylic acids is 1. The number of hydrogen-bond acceptors (Lipinski definition) is 26. The molecule has 23 N–H and O–H groups in total. The van der Waals surface area contributed by atoms with Crippen molar-refractivity contribution in [2.75, 3.05) is 78.7 Å². The molecule has 15 atom stereocenters. The van der Waals surface area contributed by atoms with Gasteiger partial charge in [-0.25, -0.2) is 0 Å². The van der Waals surface area contributed by atoms with Gasteiger partial charge >= 0.3 is 5.97 Å². The number of carboxylic acid groups (broad SMARTS) is 1. The number of fused-ring (bicyclic) bond motifs is 2. The van der Waals surface area contributed by atoms with Crippen molar-refractivity contribution in [3.8, 4) is 0 Å². The van der Waals surface area contributed by atoms with Gasteiger partial charge in [-0.15, -0.1) is 0 Å². The van der Waals surface area contributed by atoms with Gasteiger partial charge < -0.3 is 135 Å². The molecule has 43 nitrogen and oxygen atoms in total. The number of ether oxygens (including phenoxy) is 5. The average molecular weight is 1390 g/mol. The van der Waals surface area contributed by atoms with Crippen LogP contribution in [0.4, 0.5) is 0 Å². The smallest absolute Gasteiger partial charge is 0.322 e. The van der Waals surface area contributed by atoms with Crippen molar-refractivity contribution in [1.82, 2.24) is 79.8 Å². The monoisotopic (exact) mass is 1390 g/mol. The Morgan fingerprint density at radius 2 is 1.00 bits per heavy atom. The van der Waals surface area contributed by atoms with E-state index < -0.39 is 264 Å². The van der Waals surface area contributed by atoms with Crippen LogP contribution in [-0.2, 0) is 105 Å². The van der Waals surface area contributed by atoms with Crippen LogP contribution in [0.5, 0.6) is 0 Å². The Morgan fingerprint density at radius 3 is 1.51 bits per heavy atom. The average Bonchev–Trinajstić information content (AvgIpc) is 1.71. The molecule has 3 rings (SSSR count). The highest BCUT2D eigenvalue weighted by atomic mass is 16.8. The Labute approximate surface area is 552 Å². The molecule has 3 saturated heterocycles. The summed E-state index contributed by atoms with van der Waals surface area (Å²) in [5.41, 5.74) is 10.7. The number of hydrogen-bond donors (Lipinski definition) is 21. The molecule has 3 aliphatic heterocycles. The molecular formula is C54H87N17O26. The number of unbranched alkanes of at least 4 members (excludes halogenated alkanes) is 1. The van der Waals surface area contributed by atoms with E-state index in [0.717, 1.165) is 6.92 Å². The van der Waals surface area contributed by atoms with Crippen LogP contribution >= 0.6 is 0 Å². The van der Waals surface area contributed by atoms with Crippen molar-refractivity contribution in [3.05, 3.63) is 0 Å². The van der Waals surface area contributed by atoms with Crippen LogP contribution in [0.25, 0.3) is 0 Å². The Morgan fingerprint density at radius 1 is 0.515 bits per heavy atom. The lowest BCUT2D eigenvalue weighted by molar-refractivity contribution is -0.313. The minimum Gasteiger partial charge on any atom is -0.480 e. The van der Waals surface area contributed by atoms with Crippen LogP contribution in [0.3, 0.4) is 0 Å². The largest absolute Gasteiger partial charge is 0.480 e. The van der Waals surface area contributed by atoms with E-state index >= 15 is 0 Å². The van der Waals surface area contributed by atoms with Crippen molar-refractivity contribution in [3.63, 3.8) is 0 Å². The molecule has 15 unspecified atom stereocenters. The number of carboxylic acids is 1. The Balaban J connectivity index is 1.64. The highest BCUT2D eigenvalue weighted by molar-refractivity contribution is 5.96. The molecule has 0 spiro atoms. The second kappa shape index (κ2) is 41.6. The summed E-state index contributed by atoms with van der Waals surface area (Å²) in [4.78, 5) is 211. The van der Waals surface area contributed by atoms with Gasteiger partial charge in [-0.2, -0.15) is 0 Å². The van der Waals surface area contributed by atoms with E-state index in [-0.39, 0.29) is 39.0 Å². The van der Waals surface area contributed by atoms with Crippen LogP contribution in [0, 0.1) is 0 Å². The quantitative estimate of drug-likeness (QED) is 0.0253. The molecule has 16 amide bonds. The molecule has 3 fully saturated rings. The van der Waals surface area contributed by atoms with Crippen LogP contribution in [-0.4, -0.2) is 291 Å². The fourth-order valence-corrected chi connectivity index (χ4v) is 9.07. The topological polar surface area (TPSA) is 650 Å². The van der Waals surface area contributed by atoms with Crippen molar-refractivity contribution < 1.29 is 126 Å². The number of aliphatic hydroxyl groups excluding tert-OH is 3. The van der Waals surface area contributed by atoms with Gasteiger partial charge in [0.2, 0.25) is 94.5 Å². The predicted molar refractivity (Wildman–Crippen MR) is 322 cm³/mol. The Hall–Kier alpha value is -9.37. The zero-order chi connectivity index (χ0) is 72.6. The van der Waals surface area contributed by atoms with Gasteiger partial charge in [-0.1, -0.05) is 0 Å². The van der Waals surface area contributed by atoms with Crippen molar-refractivity contribution in [2.45, 2.75) is 158 Å². The van der Waals surface area contributed by atoms with Gasteiger partial charge in [-0.3, -0.25) is 81.5 Å². The molecule has 0 saturated carbocycles. The molecule has 0 aromatic rings. The molecule has 3 aliphatic rings. The summed E-state index contributed by atoms with van der Waals surface area (Å²) in [6.07, 6.45) is -13.7. The van der Waals surface area contributed by atoms with E-state index in [1.54, 1.807) is 0 Å². The van der Waals surface area contributed by atoms with E-state index in [4.69, 9.17) is 40.3 Å². The maximum atomic E-state index is 13.7. The lowest BCUT2D eigenvalue weighted by Crippen LogP contribution is -2.68. The first-order valence-electron chi connectivity index (χ1n) is 30.3. The van der Waals surface area contributed by atoms with E-state index in [1.807, 2.05) is 5.32 Å². The second-order valence-corrected chi connectivity index (χ2v) is 22.1. The number of carbonyl (C=O) groups excluding carboxylic acids is 16. The molecule has 0 radical (unpaired) electrons. The highest BCUT2D eigenvalue weighted by Crippen LogP contribution is 2.35. The summed E-state index contributed by atoms with van der Waals surface area (Å²) >= 11 is 0. The van der Waals surface area contributed by atoms with Gasteiger partial charge in [-0.05, 0) is 46.5 Å². The number of rotatable bonds is 41. The molecule has 544 valence electrons. The number of amides is 16. The maximum absolute atomic E-state index is 13.7. The number of primary amides is 1. The van der Waals surface area contributed by atoms with E-state index in [1.165, 1.54) is 27.7 Å². The number of aliphatic hydroxyl groups is 3. The standard InChI is InChI=1S/C54H87N17O26/c1-23(49(89)65-19-40(83)63-17-38(81)62-18-39(82)64-20-41(84)85)67-52(92)29(8-6-7-11-57-34(77)13-59-36(79)15-61-37(80)16-60-35(78)14-58-33(76)12-55)70-32(75)10-9-28(48(56)88)71-50(90)24(2)66-51(91)25(3)94-47-43(69-27(5)74)53-93-22-31(96-53)46(47)97-54-42(68-26(4)73)45(87)44(86)30(21-72)95-54/h23-25,28-31,42-47,53-54,72,86-87H,6-22,55H2,1-5H3,(H2,56,88)(H,57,77)(H,58,76)(H,59,79)(H,60,78)(H,61,80)(H,62,81)(H,63,83)(H,64,82)(H,65,89)(H,66,91)(H,67,92)(H,68,73)(H,69,74)(H,70,75)(H,71,90)(H,84,85). The molecule has 0 aromatic carbocycles. The predicted octanol–water partition coefficient (Wildman–Crippen LogP) is -14.1. The van der Waals surface area contributed by atoms with Gasteiger partial charge in [0.1, 0.15) is 85.5 Å². The third-order valence-corrected chi connectivity index (χ3v) is 14.2. The van der Waals surface area contributed by atoms with Crippen molar-refractivity contribution in [2.24, 2.45) is 11.5 Å². The first-order chi connectivity index (χ1) is 45.7. The van der Waals surface area contributed by atoms with Crippen LogP contribution in [0.15, 0.2) is 0 Å². The SMILES string of the molecule is CC(=O)NC1C(OC2C3COC(O3)C(NC(C)=O)C2OC(C)C(=O)NC(C)C(=O)NC(CCC(=O)NC(CCCCNC(=O)CNC(=O)CNC(=O)CNC(=O)CNC(=O)CN)C(=O)NC(C)C(=O)NCC(=O)NCC(=O)NCC(=O)NCC(=O)O)C(N)=O)OC(CO)C(O)C1O. The fraction of sp³-hybridized carbons (Fsp3) is 0.685. The van der Waals surface area contributed by atoms with E-state index in [2.05, 4.69) is 74.4 Å². The minimum absolute atomic E-state index is 0.0411. The first-order valence-corrected chi connectivity index (χ1v) is 30.3. The van der Waals surface area contributed by atoms with Crippen LogP contribution < -0.4 is 91.2 Å². The van der Waals surface area contributed by atoms with Crippen molar-refractivity contribution in [1.29, 1.82) is 0 Å². The summed E-state index contributed by atoms with van der Waals surface area (Å²) < 4.78 is 29.9. The minimum atomic E-state index is -1.73. The summed E-state index contributed by atoms with van der Waals surface area (Å²) in [6, 6.07) is -8.47. The van der Waals surface area contributed by atoms with Crippen LogP contribution in [0.2, 0.25) is 0 Å². The number of nitrogens with two attached hydrogens (primary N) is 2. The summed E-state index contributed by atoms with van der Waals surface area (Å²) in [7, 11) is 0. The highest BCUT2D eigenvalue weighted by Gasteiger charge is 2.56. The molecule has 0 aliphatic carbocycles. The molecule has 97 heavy (non-hydrogen) atoms. The molecular weight excluding hydrogens is 1300 g/mol. The summed E-state index contributed by atoms with van der Waals surface area (Å²) in [5, 5.41) is 74.7. The molecule has 3 heterocycles. The number of carbonyl (C=O) groups is 17. The Kier molecular flexibility index (Phi) is 35.1. The van der Waals surface area contributed by atoms with Crippen LogP contribution in [0.1, 0.15) is 66.7 Å². The molecule has 43 heteroatoms. The van der Waals surface area contributed by atoms with Crippen molar-refractivity contribution >= 4 is 100 Å². The van der Waals surface area contributed by atoms with Gasteiger partial charge in [0.05, 0.1) is 65.6 Å². The Bertz CT molecular complexity index is 2840. The molecule has 2 bridgehead atoms. The lowest BCUT2D eigenvalue weighted by Gasteiger charge is -2.47. The van der Waals surface area contributed by atoms with Gasteiger partial charge in [0.25, 0.3) is 0 Å². The second-order valence-electron chi connectivity index (χ2n) is 22.1. The molecule has 0 aromatic heterocycles. The third kappa shape index (κ3) is 29.7. The zero-order valence-electron chi connectivity index (χ0n) is 53.6. The summed E-state index contributed by atoms with van der Waals surface area (Å²) in [5.74, 6) is -14.5. The zero-order valence-corrected chi connectivity index (χ0v) is 53.6.